The third-order valence-electron chi connectivity index (χ3n) is 8.25. The highest BCUT2D eigenvalue weighted by molar-refractivity contribution is 7.89. The molecule has 2 fully saturated rings. The van der Waals surface area contributed by atoms with Gasteiger partial charge in [0.05, 0.1) is 36.1 Å². The van der Waals surface area contributed by atoms with Crippen LogP contribution in [0, 0.1) is 5.92 Å². The maximum absolute atomic E-state index is 13.6. The summed E-state index contributed by atoms with van der Waals surface area (Å²) in [5, 5.41) is 3.32. The molecule has 1 aromatic carbocycles. The summed E-state index contributed by atoms with van der Waals surface area (Å²) < 4.78 is 38.1. The van der Waals surface area contributed by atoms with Crippen LogP contribution in [0.15, 0.2) is 29.2 Å². The lowest BCUT2D eigenvalue weighted by atomic mass is 9.98. The van der Waals surface area contributed by atoms with Crippen molar-refractivity contribution in [3.63, 3.8) is 0 Å². The number of benzene rings is 1. The molecule has 0 spiro atoms. The molecule has 1 N–H and O–H groups in total. The molecule has 12 nitrogen and oxygen atoms in total. The second kappa shape index (κ2) is 13.7. The van der Waals surface area contributed by atoms with Crippen LogP contribution in [0.1, 0.15) is 70.7 Å². The van der Waals surface area contributed by atoms with Crippen LogP contribution < -0.4 is 5.32 Å². The first kappa shape index (κ1) is 31.9. The smallest absolute Gasteiger partial charge is 0.410 e. The van der Waals surface area contributed by atoms with Gasteiger partial charge < -0.3 is 24.6 Å². The van der Waals surface area contributed by atoms with E-state index in [1.165, 1.54) is 39.9 Å². The molecule has 0 unspecified atom stereocenters. The van der Waals surface area contributed by atoms with Crippen molar-refractivity contribution in [3.05, 3.63) is 45.8 Å². The standard InChI is InChI=1S/C30H38N4O8S2/c1-3-41-29(37)21-11-17-34(18-12-21)44(39,40)22-9-7-20(8-10-22)26(35)31-27-25(28(36)32-14-5-6-15-32)23-13-16-33(19-24(23)43-27)30(38)42-4-2/h7-10,21H,3-6,11-19H2,1-2H3,(H,31,35). The fraction of sp³-hybridized carbons (Fsp3) is 0.533. The van der Waals surface area contributed by atoms with Crippen LogP contribution >= 0.6 is 11.3 Å². The quantitative estimate of drug-likeness (QED) is 0.428. The molecule has 3 aliphatic heterocycles. The predicted molar refractivity (Wildman–Crippen MR) is 163 cm³/mol. The van der Waals surface area contributed by atoms with E-state index < -0.39 is 22.0 Å². The number of carbonyl (C=O) groups excluding carboxylic acids is 4. The van der Waals surface area contributed by atoms with Gasteiger partial charge in [0.25, 0.3) is 11.8 Å². The second-order valence-electron chi connectivity index (χ2n) is 11.0. The normalized spacial score (nSPS) is 17.7. The summed E-state index contributed by atoms with van der Waals surface area (Å²) in [6.45, 7) is 6.46. The topological polar surface area (TPSA) is 143 Å². The van der Waals surface area contributed by atoms with E-state index in [4.69, 9.17) is 9.47 Å². The number of rotatable bonds is 8. The molecule has 44 heavy (non-hydrogen) atoms. The Morgan fingerprint density at radius 2 is 1.57 bits per heavy atom. The number of sulfonamides is 1. The molecule has 3 amide bonds. The number of thiophene rings is 1. The first-order valence-corrected chi connectivity index (χ1v) is 17.3. The summed E-state index contributed by atoms with van der Waals surface area (Å²) in [6, 6.07) is 5.69. The molecule has 3 aliphatic rings. The molecule has 5 rings (SSSR count). The Morgan fingerprint density at radius 3 is 2.20 bits per heavy atom. The van der Waals surface area contributed by atoms with Crippen molar-refractivity contribution in [2.24, 2.45) is 5.92 Å². The highest BCUT2D eigenvalue weighted by Gasteiger charge is 2.35. The molecule has 4 heterocycles. The van der Waals surface area contributed by atoms with E-state index in [9.17, 15) is 27.6 Å². The van der Waals surface area contributed by atoms with E-state index in [0.29, 0.717) is 56.0 Å². The lowest BCUT2D eigenvalue weighted by Crippen LogP contribution is -2.40. The number of fused-ring (bicyclic) bond motifs is 1. The van der Waals surface area contributed by atoms with E-state index in [1.807, 2.05) is 0 Å². The molecule has 0 radical (unpaired) electrons. The van der Waals surface area contributed by atoms with Crippen LogP contribution in [0.4, 0.5) is 9.80 Å². The molecule has 0 bridgehead atoms. The zero-order chi connectivity index (χ0) is 31.4. The summed E-state index contributed by atoms with van der Waals surface area (Å²) >= 11 is 1.28. The maximum atomic E-state index is 13.6. The molecule has 0 saturated carbocycles. The van der Waals surface area contributed by atoms with Gasteiger partial charge in [0.15, 0.2) is 0 Å². The zero-order valence-electron chi connectivity index (χ0n) is 25.0. The van der Waals surface area contributed by atoms with Crippen molar-refractivity contribution >= 4 is 50.2 Å². The van der Waals surface area contributed by atoms with Gasteiger partial charge in [-0.3, -0.25) is 14.4 Å². The first-order chi connectivity index (χ1) is 21.1. The van der Waals surface area contributed by atoms with Crippen LogP contribution in [-0.4, -0.2) is 92.3 Å². The SMILES string of the molecule is CCOC(=O)C1CCN(S(=O)(=O)c2ccc(C(=O)Nc3sc4c(c3C(=O)N3CCCC3)CCN(C(=O)OCC)C4)cc2)CC1. The van der Waals surface area contributed by atoms with E-state index in [1.54, 1.807) is 23.6 Å². The second-order valence-corrected chi connectivity index (χ2v) is 14.0. The number of anilines is 1. The lowest BCUT2D eigenvalue weighted by molar-refractivity contribution is -0.149. The van der Waals surface area contributed by atoms with E-state index in [2.05, 4.69) is 5.32 Å². The lowest BCUT2D eigenvalue weighted by Gasteiger charge is -2.30. The molecule has 0 atom stereocenters. The molecule has 2 aromatic rings. The monoisotopic (exact) mass is 646 g/mol. The molecular formula is C30H38N4O8S2. The van der Waals surface area contributed by atoms with Gasteiger partial charge in [-0.1, -0.05) is 0 Å². The van der Waals surface area contributed by atoms with Gasteiger partial charge in [-0.2, -0.15) is 4.31 Å². The average Bonchev–Trinajstić information content (AvgIpc) is 3.69. The van der Waals surface area contributed by atoms with Crippen molar-refractivity contribution in [1.82, 2.24) is 14.1 Å². The van der Waals surface area contributed by atoms with Crippen molar-refractivity contribution in [1.29, 1.82) is 0 Å². The Balaban J connectivity index is 1.31. The molecule has 2 saturated heterocycles. The number of esters is 1. The minimum atomic E-state index is -3.81. The summed E-state index contributed by atoms with van der Waals surface area (Å²) in [5.41, 5.74) is 1.55. The Hall–Kier alpha value is -3.49. The summed E-state index contributed by atoms with van der Waals surface area (Å²) in [5.74, 6) is -1.22. The van der Waals surface area contributed by atoms with Crippen LogP contribution in [-0.2, 0) is 37.3 Å². The van der Waals surface area contributed by atoms with Gasteiger partial charge >= 0.3 is 12.1 Å². The number of ether oxygens (including phenoxy) is 2. The van der Waals surface area contributed by atoms with Gasteiger partial charge in [-0.15, -0.1) is 11.3 Å². The van der Waals surface area contributed by atoms with Crippen LogP contribution in [0.5, 0.6) is 0 Å². The van der Waals surface area contributed by atoms with Crippen molar-refractivity contribution in [3.8, 4) is 0 Å². The van der Waals surface area contributed by atoms with Gasteiger partial charge in [-0.25, -0.2) is 13.2 Å². The largest absolute Gasteiger partial charge is 0.466 e. The fourth-order valence-electron chi connectivity index (χ4n) is 5.86. The molecule has 14 heteroatoms. The number of piperidine rings is 1. The number of hydrogen-bond acceptors (Lipinski definition) is 9. The molecular weight excluding hydrogens is 608 g/mol. The zero-order valence-corrected chi connectivity index (χ0v) is 26.6. The van der Waals surface area contributed by atoms with Gasteiger partial charge in [0, 0.05) is 43.2 Å². The maximum Gasteiger partial charge on any atom is 0.410 e. The first-order valence-electron chi connectivity index (χ1n) is 15.1. The van der Waals surface area contributed by atoms with Gasteiger partial charge in [0.2, 0.25) is 10.0 Å². The number of carbonyl (C=O) groups is 4. The molecule has 1 aromatic heterocycles. The van der Waals surface area contributed by atoms with Crippen LogP contribution in [0.2, 0.25) is 0 Å². The third-order valence-corrected chi connectivity index (χ3v) is 11.3. The Bertz CT molecular complexity index is 1510. The fourth-order valence-corrected chi connectivity index (χ4v) is 8.58. The highest BCUT2D eigenvalue weighted by atomic mass is 32.2. The summed E-state index contributed by atoms with van der Waals surface area (Å²) in [4.78, 5) is 55.7. The van der Waals surface area contributed by atoms with Crippen LogP contribution in [0.25, 0.3) is 0 Å². The van der Waals surface area contributed by atoms with E-state index in [0.717, 1.165) is 23.3 Å². The predicted octanol–water partition coefficient (Wildman–Crippen LogP) is 3.71. The number of nitrogens with one attached hydrogen (secondary N) is 1. The Kier molecular flexibility index (Phi) is 9.90. The minimum absolute atomic E-state index is 0.0548. The van der Waals surface area contributed by atoms with Crippen molar-refractivity contribution in [2.75, 3.05) is 51.3 Å². The number of hydrogen-bond donors (Lipinski definition) is 1. The summed E-state index contributed by atoms with van der Waals surface area (Å²) in [7, 11) is -3.81. The molecule has 238 valence electrons. The number of amides is 3. The Morgan fingerprint density at radius 1 is 0.909 bits per heavy atom. The number of likely N-dealkylation sites (tertiary alicyclic amines) is 1. The van der Waals surface area contributed by atoms with E-state index >= 15 is 0 Å². The number of nitrogens with zero attached hydrogens (tertiary/aromatic N) is 3. The average molecular weight is 647 g/mol. The van der Waals surface area contributed by atoms with Gasteiger partial charge in [-0.05, 0) is 75.8 Å². The van der Waals surface area contributed by atoms with Crippen LogP contribution in [0.3, 0.4) is 0 Å². The minimum Gasteiger partial charge on any atom is -0.466 e. The third kappa shape index (κ3) is 6.61. The van der Waals surface area contributed by atoms with Crippen molar-refractivity contribution in [2.45, 2.75) is 57.4 Å². The molecule has 0 aliphatic carbocycles. The Labute approximate surface area is 261 Å². The highest BCUT2D eigenvalue weighted by Crippen LogP contribution is 2.39. The van der Waals surface area contributed by atoms with Crippen molar-refractivity contribution < 1.29 is 37.1 Å². The summed E-state index contributed by atoms with van der Waals surface area (Å²) in [6.07, 6.45) is 2.69. The van der Waals surface area contributed by atoms with Gasteiger partial charge in [0.1, 0.15) is 5.00 Å². The van der Waals surface area contributed by atoms with E-state index in [-0.39, 0.29) is 54.6 Å².